The van der Waals surface area contributed by atoms with E-state index in [0.717, 1.165) is 17.7 Å². The normalized spacial score (nSPS) is 22.1. The fourth-order valence-corrected chi connectivity index (χ4v) is 2.86. The number of hydrogen-bond acceptors (Lipinski definition) is 3. The average molecular weight is 283 g/mol. The van der Waals surface area contributed by atoms with Crippen LogP contribution in [0.5, 0.6) is 0 Å². The van der Waals surface area contributed by atoms with E-state index in [0.29, 0.717) is 6.42 Å². The first-order valence-corrected chi connectivity index (χ1v) is 7.10. The van der Waals surface area contributed by atoms with Crippen molar-refractivity contribution < 1.29 is 9.59 Å². The fourth-order valence-electron chi connectivity index (χ4n) is 2.86. The van der Waals surface area contributed by atoms with Gasteiger partial charge in [-0.3, -0.25) is 19.6 Å². The highest BCUT2D eigenvalue weighted by molar-refractivity contribution is 6.02. The SMILES string of the molecule is CCn1cc(C2CC(=O)NC(=O)C2c2ccccc2)cn1. The zero-order chi connectivity index (χ0) is 14.8. The van der Waals surface area contributed by atoms with Crippen LogP contribution in [-0.2, 0) is 16.1 Å². The molecule has 2 heterocycles. The Balaban J connectivity index is 2.00. The first-order chi connectivity index (χ1) is 10.2. The smallest absolute Gasteiger partial charge is 0.234 e. The van der Waals surface area contributed by atoms with E-state index in [2.05, 4.69) is 10.4 Å². The molecule has 1 aliphatic heterocycles. The Kier molecular flexibility index (Phi) is 3.56. The summed E-state index contributed by atoms with van der Waals surface area (Å²) in [6.45, 7) is 2.77. The highest BCUT2D eigenvalue weighted by Crippen LogP contribution is 2.38. The lowest BCUT2D eigenvalue weighted by molar-refractivity contribution is -0.135. The summed E-state index contributed by atoms with van der Waals surface area (Å²) in [5.41, 5.74) is 1.87. The Morgan fingerprint density at radius 3 is 2.67 bits per heavy atom. The largest absolute Gasteiger partial charge is 0.296 e. The molecule has 0 bridgehead atoms. The summed E-state index contributed by atoms with van der Waals surface area (Å²) in [4.78, 5) is 24.1. The molecule has 1 fully saturated rings. The maximum Gasteiger partial charge on any atom is 0.234 e. The summed E-state index contributed by atoms with van der Waals surface area (Å²) in [5, 5.41) is 6.71. The second-order valence-corrected chi connectivity index (χ2v) is 5.24. The molecule has 5 heteroatoms. The van der Waals surface area contributed by atoms with Crippen molar-refractivity contribution in [1.82, 2.24) is 15.1 Å². The summed E-state index contributed by atoms with van der Waals surface area (Å²) in [6, 6.07) is 9.59. The number of benzene rings is 1. The predicted molar refractivity (Wildman–Crippen MR) is 77.6 cm³/mol. The predicted octanol–water partition coefficient (Wildman–Crippen LogP) is 1.82. The van der Waals surface area contributed by atoms with Crippen LogP contribution >= 0.6 is 0 Å². The third kappa shape index (κ3) is 2.59. The lowest BCUT2D eigenvalue weighted by atomic mass is 9.77. The minimum atomic E-state index is -0.349. The highest BCUT2D eigenvalue weighted by Gasteiger charge is 2.38. The molecular formula is C16H17N3O2. The number of imide groups is 1. The number of rotatable bonds is 3. The number of nitrogens with zero attached hydrogens (tertiary/aromatic N) is 2. The molecule has 0 spiro atoms. The Hall–Kier alpha value is -2.43. The molecule has 2 unspecified atom stereocenters. The molecule has 1 saturated heterocycles. The molecule has 0 aliphatic carbocycles. The zero-order valence-corrected chi connectivity index (χ0v) is 11.8. The van der Waals surface area contributed by atoms with Gasteiger partial charge in [-0.2, -0.15) is 5.10 Å². The quantitative estimate of drug-likeness (QED) is 0.874. The van der Waals surface area contributed by atoms with Crippen LogP contribution in [0.1, 0.15) is 36.3 Å². The molecule has 1 aromatic heterocycles. The van der Waals surface area contributed by atoms with Crippen molar-refractivity contribution in [1.29, 1.82) is 0 Å². The van der Waals surface area contributed by atoms with Gasteiger partial charge in [0.1, 0.15) is 0 Å². The number of nitrogens with one attached hydrogen (secondary N) is 1. The van der Waals surface area contributed by atoms with Gasteiger partial charge in [-0.05, 0) is 18.1 Å². The van der Waals surface area contributed by atoms with Gasteiger partial charge in [0, 0.05) is 25.1 Å². The van der Waals surface area contributed by atoms with E-state index < -0.39 is 0 Å². The third-order valence-electron chi connectivity index (χ3n) is 3.92. The number of piperidine rings is 1. The first kappa shape index (κ1) is 13.5. The molecule has 2 amide bonds. The number of aromatic nitrogens is 2. The van der Waals surface area contributed by atoms with Crippen molar-refractivity contribution in [2.24, 2.45) is 0 Å². The monoisotopic (exact) mass is 283 g/mol. The van der Waals surface area contributed by atoms with Gasteiger partial charge in [-0.1, -0.05) is 30.3 Å². The minimum Gasteiger partial charge on any atom is -0.296 e. The van der Waals surface area contributed by atoms with Crippen molar-refractivity contribution in [3.8, 4) is 0 Å². The second-order valence-electron chi connectivity index (χ2n) is 5.24. The van der Waals surface area contributed by atoms with E-state index in [-0.39, 0.29) is 23.7 Å². The standard InChI is InChI=1S/C16H17N3O2/c1-2-19-10-12(9-17-19)13-8-14(20)18-16(21)15(13)11-6-4-3-5-7-11/h3-7,9-10,13,15H,2,8H2,1H3,(H,18,20,21). The summed E-state index contributed by atoms with van der Waals surface area (Å²) in [6.07, 6.45) is 3.99. The molecule has 2 atom stereocenters. The van der Waals surface area contributed by atoms with Crippen LogP contribution in [0.25, 0.3) is 0 Å². The van der Waals surface area contributed by atoms with Gasteiger partial charge in [-0.25, -0.2) is 0 Å². The number of carbonyl (C=O) groups is 2. The van der Waals surface area contributed by atoms with Crippen LogP contribution in [0.15, 0.2) is 42.7 Å². The summed E-state index contributed by atoms with van der Waals surface area (Å²) < 4.78 is 1.81. The van der Waals surface area contributed by atoms with Gasteiger partial charge < -0.3 is 0 Å². The maximum atomic E-state index is 12.3. The Bertz CT molecular complexity index is 663. The number of aryl methyl sites for hydroxylation is 1. The van der Waals surface area contributed by atoms with Crippen LogP contribution in [0.3, 0.4) is 0 Å². The molecule has 5 nitrogen and oxygen atoms in total. The van der Waals surface area contributed by atoms with E-state index in [9.17, 15) is 9.59 Å². The van der Waals surface area contributed by atoms with E-state index >= 15 is 0 Å². The van der Waals surface area contributed by atoms with Crippen molar-refractivity contribution in [3.05, 3.63) is 53.9 Å². The lowest BCUT2D eigenvalue weighted by Crippen LogP contribution is -2.43. The van der Waals surface area contributed by atoms with Gasteiger partial charge in [0.2, 0.25) is 11.8 Å². The Morgan fingerprint density at radius 1 is 1.24 bits per heavy atom. The summed E-state index contributed by atoms with van der Waals surface area (Å²) in [5.74, 6) is -0.958. The Labute approximate surface area is 123 Å². The second kappa shape index (κ2) is 5.52. The van der Waals surface area contributed by atoms with Crippen LogP contribution in [0, 0.1) is 0 Å². The molecule has 108 valence electrons. The molecule has 1 N–H and O–H groups in total. The maximum absolute atomic E-state index is 12.3. The summed E-state index contributed by atoms with van der Waals surface area (Å²) in [7, 11) is 0. The topological polar surface area (TPSA) is 64.0 Å². The first-order valence-electron chi connectivity index (χ1n) is 7.10. The van der Waals surface area contributed by atoms with E-state index in [4.69, 9.17) is 0 Å². The van der Waals surface area contributed by atoms with Gasteiger partial charge >= 0.3 is 0 Å². The number of hydrogen-bond donors (Lipinski definition) is 1. The van der Waals surface area contributed by atoms with Crippen molar-refractivity contribution in [3.63, 3.8) is 0 Å². The van der Waals surface area contributed by atoms with Crippen LogP contribution < -0.4 is 5.32 Å². The molecule has 3 rings (SSSR count). The molecule has 21 heavy (non-hydrogen) atoms. The molecule has 1 aromatic carbocycles. The molecule has 2 aromatic rings. The zero-order valence-electron chi connectivity index (χ0n) is 11.8. The summed E-state index contributed by atoms with van der Waals surface area (Å²) >= 11 is 0. The van der Waals surface area contributed by atoms with Crippen molar-refractivity contribution in [2.75, 3.05) is 0 Å². The molecule has 0 saturated carbocycles. The van der Waals surface area contributed by atoms with Crippen LogP contribution in [0.4, 0.5) is 0 Å². The van der Waals surface area contributed by atoms with E-state index in [1.54, 1.807) is 6.20 Å². The van der Waals surface area contributed by atoms with E-state index in [1.807, 2.05) is 48.1 Å². The van der Waals surface area contributed by atoms with Gasteiger partial charge in [0.15, 0.2) is 0 Å². The lowest BCUT2D eigenvalue weighted by Gasteiger charge is -2.29. The van der Waals surface area contributed by atoms with E-state index in [1.165, 1.54) is 0 Å². The highest BCUT2D eigenvalue weighted by atomic mass is 16.2. The van der Waals surface area contributed by atoms with Crippen molar-refractivity contribution >= 4 is 11.8 Å². The number of carbonyl (C=O) groups excluding carboxylic acids is 2. The molecule has 0 radical (unpaired) electrons. The van der Waals surface area contributed by atoms with Gasteiger partial charge in [0.25, 0.3) is 0 Å². The van der Waals surface area contributed by atoms with Crippen LogP contribution in [0.2, 0.25) is 0 Å². The van der Waals surface area contributed by atoms with Crippen LogP contribution in [-0.4, -0.2) is 21.6 Å². The molecule has 1 aliphatic rings. The number of amides is 2. The minimum absolute atomic E-state index is 0.158. The van der Waals surface area contributed by atoms with Gasteiger partial charge in [0.05, 0.1) is 12.1 Å². The van der Waals surface area contributed by atoms with Crippen molar-refractivity contribution in [2.45, 2.75) is 31.7 Å². The fraction of sp³-hybridized carbons (Fsp3) is 0.312. The van der Waals surface area contributed by atoms with Gasteiger partial charge in [-0.15, -0.1) is 0 Å². The molecular weight excluding hydrogens is 266 g/mol. The third-order valence-corrected chi connectivity index (χ3v) is 3.92. The Morgan fingerprint density at radius 2 is 2.00 bits per heavy atom. The average Bonchev–Trinajstić information content (AvgIpc) is 2.96.